The highest BCUT2D eigenvalue weighted by molar-refractivity contribution is 5.95. The molecule has 4 heteroatoms. The molecule has 2 fully saturated rings. The van der Waals surface area contributed by atoms with Crippen molar-refractivity contribution in [2.24, 2.45) is 5.92 Å². The van der Waals surface area contributed by atoms with Gasteiger partial charge in [0, 0.05) is 5.54 Å². The summed E-state index contributed by atoms with van der Waals surface area (Å²) in [7, 11) is 0. The van der Waals surface area contributed by atoms with E-state index in [1.54, 1.807) is 4.90 Å². The van der Waals surface area contributed by atoms with E-state index >= 15 is 0 Å². The first-order valence-electron chi connectivity index (χ1n) is 7.00. The fourth-order valence-corrected chi connectivity index (χ4v) is 3.02. The summed E-state index contributed by atoms with van der Waals surface area (Å²) < 4.78 is 0. The highest BCUT2D eigenvalue weighted by Gasteiger charge is 2.41. The number of piperazine rings is 1. The number of carbonyl (C=O) groups is 2. The third kappa shape index (κ3) is 2.68. The predicted octanol–water partition coefficient (Wildman–Crippen LogP) is 1.69. The molecule has 0 aromatic carbocycles. The largest absolute Gasteiger partial charge is 0.342 e. The van der Waals surface area contributed by atoms with Gasteiger partial charge in [-0.1, -0.05) is 19.3 Å². The van der Waals surface area contributed by atoms with E-state index in [2.05, 4.69) is 5.32 Å². The number of rotatable bonds is 1. The fraction of sp³-hybridized carbons (Fsp3) is 0.857. The zero-order valence-corrected chi connectivity index (χ0v) is 11.7. The molecule has 1 aliphatic carbocycles. The molecule has 1 saturated carbocycles. The fourth-order valence-electron chi connectivity index (χ4n) is 3.02. The van der Waals surface area contributed by atoms with E-state index in [1.807, 2.05) is 20.8 Å². The van der Waals surface area contributed by atoms with E-state index in [9.17, 15) is 9.59 Å². The molecular formula is C14H24N2O2. The third-order valence-corrected chi connectivity index (χ3v) is 4.08. The maximum atomic E-state index is 12.5. The van der Waals surface area contributed by atoms with E-state index in [4.69, 9.17) is 0 Å². The molecule has 0 spiro atoms. The van der Waals surface area contributed by atoms with Gasteiger partial charge in [0.05, 0.1) is 0 Å². The Labute approximate surface area is 109 Å². The average Bonchev–Trinajstić information content (AvgIpc) is 2.31. The van der Waals surface area contributed by atoms with Crippen LogP contribution in [-0.2, 0) is 9.59 Å². The first-order chi connectivity index (χ1) is 8.39. The molecule has 1 aliphatic heterocycles. The molecule has 1 atom stereocenters. The van der Waals surface area contributed by atoms with Gasteiger partial charge in [0.1, 0.15) is 12.6 Å². The van der Waals surface area contributed by atoms with Crippen LogP contribution < -0.4 is 5.32 Å². The number of hydrogen-bond donors (Lipinski definition) is 1. The van der Waals surface area contributed by atoms with Crippen molar-refractivity contribution in [3.63, 3.8) is 0 Å². The summed E-state index contributed by atoms with van der Waals surface area (Å²) in [5.41, 5.74) is -0.276. The number of carbonyl (C=O) groups excluding carboxylic acids is 2. The smallest absolute Gasteiger partial charge is 0.246 e. The van der Waals surface area contributed by atoms with Crippen LogP contribution in [0.4, 0.5) is 0 Å². The summed E-state index contributed by atoms with van der Waals surface area (Å²) in [5.74, 6) is 0.425. The van der Waals surface area contributed by atoms with E-state index < -0.39 is 0 Å². The van der Waals surface area contributed by atoms with Gasteiger partial charge in [0.2, 0.25) is 11.8 Å². The van der Waals surface area contributed by atoms with E-state index in [-0.39, 0.29) is 29.9 Å². The second-order valence-corrected chi connectivity index (χ2v) is 6.54. The van der Waals surface area contributed by atoms with Crippen molar-refractivity contribution in [3.8, 4) is 0 Å². The molecule has 0 aromatic rings. The summed E-state index contributed by atoms with van der Waals surface area (Å²) in [6.07, 6.45) is 5.75. The van der Waals surface area contributed by atoms with E-state index in [0.29, 0.717) is 5.92 Å². The van der Waals surface area contributed by atoms with Crippen LogP contribution in [0.25, 0.3) is 0 Å². The SMILES string of the molecule is CC(C)(C)N1CC(=O)NC(C2CCCCC2)C1=O. The Bertz CT molecular complexity index is 340. The lowest BCUT2D eigenvalue weighted by molar-refractivity contribution is -0.151. The zero-order chi connectivity index (χ0) is 13.3. The number of hydrogen-bond acceptors (Lipinski definition) is 2. The summed E-state index contributed by atoms with van der Waals surface area (Å²) >= 11 is 0. The molecule has 1 heterocycles. The molecule has 0 bridgehead atoms. The van der Waals surface area contributed by atoms with Gasteiger partial charge in [0.25, 0.3) is 0 Å². The molecule has 102 valence electrons. The normalized spacial score (nSPS) is 27.3. The number of nitrogens with one attached hydrogen (secondary N) is 1. The van der Waals surface area contributed by atoms with Crippen molar-refractivity contribution in [1.82, 2.24) is 10.2 Å². The van der Waals surface area contributed by atoms with Gasteiger partial charge in [-0.15, -0.1) is 0 Å². The maximum absolute atomic E-state index is 12.5. The molecule has 0 radical (unpaired) electrons. The van der Waals surface area contributed by atoms with E-state index in [1.165, 1.54) is 19.3 Å². The predicted molar refractivity (Wildman–Crippen MR) is 70.0 cm³/mol. The number of nitrogens with zero attached hydrogens (tertiary/aromatic N) is 1. The maximum Gasteiger partial charge on any atom is 0.246 e. The van der Waals surface area contributed by atoms with Crippen molar-refractivity contribution < 1.29 is 9.59 Å². The van der Waals surface area contributed by atoms with Crippen molar-refractivity contribution in [2.75, 3.05) is 6.54 Å². The topological polar surface area (TPSA) is 49.4 Å². The van der Waals surface area contributed by atoms with Crippen LogP contribution in [0.5, 0.6) is 0 Å². The second-order valence-electron chi connectivity index (χ2n) is 6.54. The molecule has 2 rings (SSSR count). The molecule has 0 aromatic heterocycles. The van der Waals surface area contributed by atoms with Gasteiger partial charge < -0.3 is 10.2 Å². The van der Waals surface area contributed by atoms with Gasteiger partial charge in [-0.25, -0.2) is 0 Å². The van der Waals surface area contributed by atoms with Crippen LogP contribution in [0.15, 0.2) is 0 Å². The first-order valence-corrected chi connectivity index (χ1v) is 7.00. The van der Waals surface area contributed by atoms with Gasteiger partial charge >= 0.3 is 0 Å². The highest BCUT2D eigenvalue weighted by Crippen LogP contribution is 2.29. The lowest BCUT2D eigenvalue weighted by Gasteiger charge is -2.43. The van der Waals surface area contributed by atoms with Crippen LogP contribution in [0.2, 0.25) is 0 Å². The Morgan fingerprint density at radius 2 is 1.72 bits per heavy atom. The summed E-state index contributed by atoms with van der Waals surface area (Å²) in [6.45, 7) is 6.16. The monoisotopic (exact) mass is 252 g/mol. The van der Waals surface area contributed by atoms with Crippen LogP contribution in [0.3, 0.4) is 0 Å². The third-order valence-electron chi connectivity index (χ3n) is 4.08. The molecule has 2 aliphatic rings. The lowest BCUT2D eigenvalue weighted by atomic mass is 9.82. The Hall–Kier alpha value is -1.06. The van der Waals surface area contributed by atoms with Crippen LogP contribution in [-0.4, -0.2) is 34.8 Å². The van der Waals surface area contributed by atoms with Gasteiger partial charge in [-0.05, 0) is 39.5 Å². The van der Waals surface area contributed by atoms with Crippen LogP contribution >= 0.6 is 0 Å². The van der Waals surface area contributed by atoms with Crippen molar-refractivity contribution >= 4 is 11.8 Å². The van der Waals surface area contributed by atoms with Gasteiger partial charge in [0.15, 0.2) is 0 Å². The van der Waals surface area contributed by atoms with Crippen molar-refractivity contribution in [1.29, 1.82) is 0 Å². The number of amides is 2. The standard InChI is InChI=1S/C14H24N2O2/c1-14(2,3)16-9-11(17)15-12(13(16)18)10-7-5-4-6-8-10/h10,12H,4-9H2,1-3H3,(H,15,17). The van der Waals surface area contributed by atoms with Crippen molar-refractivity contribution in [2.45, 2.75) is 64.5 Å². The molecular weight excluding hydrogens is 228 g/mol. The molecule has 2 amide bonds. The Morgan fingerprint density at radius 3 is 2.28 bits per heavy atom. The second kappa shape index (κ2) is 4.90. The van der Waals surface area contributed by atoms with Crippen LogP contribution in [0, 0.1) is 5.92 Å². The zero-order valence-electron chi connectivity index (χ0n) is 11.7. The summed E-state index contributed by atoms with van der Waals surface area (Å²) in [5, 5.41) is 2.91. The molecule has 1 unspecified atom stereocenters. The molecule has 18 heavy (non-hydrogen) atoms. The highest BCUT2D eigenvalue weighted by atomic mass is 16.2. The molecule has 1 N–H and O–H groups in total. The minimum atomic E-state index is -0.286. The Morgan fingerprint density at radius 1 is 1.11 bits per heavy atom. The minimum Gasteiger partial charge on any atom is -0.342 e. The van der Waals surface area contributed by atoms with Gasteiger partial charge in [-0.2, -0.15) is 0 Å². The Balaban J connectivity index is 2.14. The Kier molecular flexibility index (Phi) is 3.64. The first kappa shape index (κ1) is 13.4. The molecule has 1 saturated heterocycles. The minimum absolute atomic E-state index is 0.0138. The lowest BCUT2D eigenvalue weighted by Crippen LogP contribution is -2.64. The average molecular weight is 252 g/mol. The van der Waals surface area contributed by atoms with Gasteiger partial charge in [-0.3, -0.25) is 9.59 Å². The van der Waals surface area contributed by atoms with E-state index in [0.717, 1.165) is 12.8 Å². The quantitative estimate of drug-likeness (QED) is 0.772. The summed E-state index contributed by atoms with van der Waals surface area (Å²) in [6, 6.07) is -0.286. The molecule has 4 nitrogen and oxygen atoms in total. The van der Waals surface area contributed by atoms with Crippen LogP contribution in [0.1, 0.15) is 52.9 Å². The summed E-state index contributed by atoms with van der Waals surface area (Å²) in [4.78, 5) is 26.1. The van der Waals surface area contributed by atoms with Crippen molar-refractivity contribution in [3.05, 3.63) is 0 Å².